The molecule has 0 saturated carbocycles. The van der Waals surface area contributed by atoms with E-state index in [0.29, 0.717) is 9.90 Å². The maximum Gasteiger partial charge on any atom is 0.256 e. The molecule has 110 valence electrons. The first-order chi connectivity index (χ1) is 10.3. The van der Waals surface area contributed by atoms with E-state index in [1.54, 1.807) is 12.4 Å². The van der Waals surface area contributed by atoms with Crippen molar-refractivity contribution in [3.63, 3.8) is 0 Å². The molecule has 0 unspecified atom stereocenters. The van der Waals surface area contributed by atoms with Gasteiger partial charge >= 0.3 is 0 Å². The highest BCUT2D eigenvalue weighted by Crippen LogP contribution is 2.35. The van der Waals surface area contributed by atoms with E-state index in [0.717, 1.165) is 36.4 Å². The molecule has 4 nitrogen and oxygen atoms in total. The number of amides is 1. The number of nitrogens with zero attached hydrogens (tertiary/aromatic N) is 3. The maximum atomic E-state index is 12.6. The van der Waals surface area contributed by atoms with Crippen LogP contribution in [0.25, 0.3) is 10.4 Å². The molecule has 21 heavy (non-hydrogen) atoms. The Morgan fingerprint density at radius 2 is 1.81 bits per heavy atom. The van der Waals surface area contributed by atoms with Crippen molar-refractivity contribution < 1.29 is 4.79 Å². The van der Waals surface area contributed by atoms with E-state index >= 15 is 0 Å². The van der Waals surface area contributed by atoms with Crippen LogP contribution >= 0.6 is 22.9 Å². The number of rotatable bonds is 2. The fourth-order valence-corrected chi connectivity index (χ4v) is 3.76. The third-order valence-corrected chi connectivity index (χ3v) is 5.06. The third-order valence-electron chi connectivity index (χ3n) is 3.66. The van der Waals surface area contributed by atoms with Crippen molar-refractivity contribution in [3.05, 3.63) is 34.7 Å². The summed E-state index contributed by atoms with van der Waals surface area (Å²) in [6.45, 7) is 1.66. The minimum atomic E-state index is 0.0428. The van der Waals surface area contributed by atoms with Crippen molar-refractivity contribution in [1.82, 2.24) is 14.9 Å². The van der Waals surface area contributed by atoms with Crippen molar-refractivity contribution in [2.75, 3.05) is 13.1 Å². The molecule has 2 aromatic rings. The van der Waals surface area contributed by atoms with Crippen LogP contribution in [0.5, 0.6) is 0 Å². The fourth-order valence-electron chi connectivity index (χ4n) is 2.53. The molecule has 0 N–H and O–H groups in total. The first-order valence-electron chi connectivity index (χ1n) is 7.09. The fraction of sp³-hybridized carbons (Fsp3) is 0.400. The zero-order valence-corrected chi connectivity index (χ0v) is 13.2. The highest BCUT2D eigenvalue weighted by molar-refractivity contribution is 7.19. The lowest BCUT2D eigenvalue weighted by Crippen LogP contribution is -2.31. The second-order valence-electron chi connectivity index (χ2n) is 5.13. The zero-order valence-electron chi connectivity index (χ0n) is 11.6. The van der Waals surface area contributed by atoms with Crippen molar-refractivity contribution in [2.24, 2.45) is 0 Å². The van der Waals surface area contributed by atoms with Crippen molar-refractivity contribution in [3.8, 4) is 10.4 Å². The third kappa shape index (κ3) is 3.24. The van der Waals surface area contributed by atoms with E-state index in [-0.39, 0.29) is 5.91 Å². The summed E-state index contributed by atoms with van der Waals surface area (Å²) >= 11 is 7.68. The predicted molar refractivity (Wildman–Crippen MR) is 84.7 cm³/mol. The second-order valence-corrected chi connectivity index (χ2v) is 6.79. The highest BCUT2D eigenvalue weighted by atomic mass is 35.5. The molecule has 0 bridgehead atoms. The summed E-state index contributed by atoms with van der Waals surface area (Å²) < 4.78 is 0.545. The molecule has 3 heterocycles. The van der Waals surface area contributed by atoms with Gasteiger partial charge in [-0.05, 0) is 18.9 Å². The van der Waals surface area contributed by atoms with Crippen molar-refractivity contribution in [1.29, 1.82) is 0 Å². The molecular formula is C15H16ClN3OS. The normalized spacial score (nSPS) is 15.8. The topological polar surface area (TPSA) is 46.1 Å². The van der Waals surface area contributed by atoms with Crippen LogP contribution in [0.15, 0.2) is 24.8 Å². The molecule has 0 atom stereocenters. The Hall–Kier alpha value is -1.46. The number of thiophene rings is 1. The Morgan fingerprint density at radius 3 is 2.48 bits per heavy atom. The minimum absolute atomic E-state index is 0.0428. The molecule has 3 rings (SSSR count). The van der Waals surface area contributed by atoms with Crippen LogP contribution < -0.4 is 0 Å². The SMILES string of the molecule is O=C(c1cc(-c2cncnc2)sc1Cl)N1CCCCCC1. The van der Waals surface area contributed by atoms with Gasteiger partial charge in [0, 0.05) is 35.9 Å². The van der Waals surface area contributed by atoms with E-state index in [9.17, 15) is 4.79 Å². The summed E-state index contributed by atoms with van der Waals surface area (Å²) in [5.41, 5.74) is 1.49. The summed E-state index contributed by atoms with van der Waals surface area (Å²) in [5.74, 6) is 0.0428. The predicted octanol–water partition coefficient (Wildman–Crippen LogP) is 3.87. The summed E-state index contributed by atoms with van der Waals surface area (Å²) in [6.07, 6.45) is 9.51. The Bertz CT molecular complexity index is 621. The van der Waals surface area contributed by atoms with Gasteiger partial charge in [-0.15, -0.1) is 11.3 Å². The average Bonchev–Trinajstić information content (AvgIpc) is 2.74. The largest absolute Gasteiger partial charge is 0.339 e. The van der Waals surface area contributed by atoms with Crippen LogP contribution in [0, 0.1) is 0 Å². The average molecular weight is 322 g/mol. The molecule has 0 radical (unpaired) electrons. The van der Waals surface area contributed by atoms with Gasteiger partial charge in [0.1, 0.15) is 10.7 Å². The van der Waals surface area contributed by atoms with Gasteiger partial charge in [0.15, 0.2) is 0 Å². The first kappa shape index (κ1) is 14.5. The molecule has 0 spiro atoms. The molecule has 6 heteroatoms. The van der Waals surface area contributed by atoms with Gasteiger partial charge < -0.3 is 4.90 Å². The Labute approximate surface area is 132 Å². The van der Waals surface area contributed by atoms with Crippen molar-refractivity contribution >= 4 is 28.8 Å². The van der Waals surface area contributed by atoms with Gasteiger partial charge in [0.05, 0.1) is 5.56 Å². The van der Waals surface area contributed by atoms with Crippen LogP contribution in [0.2, 0.25) is 4.34 Å². The Morgan fingerprint density at radius 1 is 1.14 bits per heavy atom. The maximum absolute atomic E-state index is 12.6. The van der Waals surface area contributed by atoms with Gasteiger partial charge in [-0.25, -0.2) is 9.97 Å². The van der Waals surface area contributed by atoms with E-state index in [2.05, 4.69) is 9.97 Å². The lowest BCUT2D eigenvalue weighted by atomic mass is 10.2. The first-order valence-corrected chi connectivity index (χ1v) is 8.29. The molecule has 1 aliphatic rings. The molecule has 1 saturated heterocycles. The molecule has 1 aliphatic heterocycles. The molecule has 2 aromatic heterocycles. The monoisotopic (exact) mass is 321 g/mol. The lowest BCUT2D eigenvalue weighted by molar-refractivity contribution is 0.0762. The van der Waals surface area contributed by atoms with Gasteiger partial charge in [0.25, 0.3) is 5.91 Å². The number of hydrogen-bond donors (Lipinski definition) is 0. The second kappa shape index (κ2) is 6.54. The number of halogens is 1. The van der Waals surface area contributed by atoms with Crippen LogP contribution in [-0.4, -0.2) is 33.9 Å². The molecule has 1 fully saturated rings. The Balaban J connectivity index is 1.85. The van der Waals surface area contributed by atoms with Crippen LogP contribution in [-0.2, 0) is 0 Å². The Kier molecular flexibility index (Phi) is 4.51. The van der Waals surface area contributed by atoms with E-state index in [1.807, 2.05) is 11.0 Å². The smallest absolute Gasteiger partial charge is 0.256 e. The number of aromatic nitrogens is 2. The number of hydrogen-bond acceptors (Lipinski definition) is 4. The quantitative estimate of drug-likeness (QED) is 0.843. The van der Waals surface area contributed by atoms with Gasteiger partial charge in [-0.2, -0.15) is 0 Å². The molecule has 0 aliphatic carbocycles. The van der Waals surface area contributed by atoms with Gasteiger partial charge in [0.2, 0.25) is 0 Å². The molecule has 1 amide bonds. The summed E-state index contributed by atoms with van der Waals surface area (Å²) in [7, 11) is 0. The molecule has 0 aromatic carbocycles. The molecular weight excluding hydrogens is 306 g/mol. The summed E-state index contributed by atoms with van der Waals surface area (Å²) in [4.78, 5) is 23.5. The van der Waals surface area contributed by atoms with Crippen LogP contribution in [0.3, 0.4) is 0 Å². The number of carbonyl (C=O) groups excluding carboxylic acids is 1. The lowest BCUT2D eigenvalue weighted by Gasteiger charge is -2.19. The van der Waals surface area contributed by atoms with Crippen LogP contribution in [0.1, 0.15) is 36.0 Å². The number of likely N-dealkylation sites (tertiary alicyclic amines) is 1. The minimum Gasteiger partial charge on any atom is -0.339 e. The van der Waals surface area contributed by atoms with E-state index in [1.165, 1.54) is 30.5 Å². The van der Waals surface area contributed by atoms with E-state index < -0.39 is 0 Å². The zero-order chi connectivity index (χ0) is 14.7. The number of carbonyl (C=O) groups is 1. The highest BCUT2D eigenvalue weighted by Gasteiger charge is 2.22. The summed E-state index contributed by atoms with van der Waals surface area (Å²) in [6, 6.07) is 1.86. The standard InChI is InChI=1S/C15H16ClN3OS/c16-14-12(15(20)19-5-3-1-2-4-6-19)7-13(21-14)11-8-17-10-18-9-11/h7-10H,1-6H2. The van der Waals surface area contributed by atoms with E-state index in [4.69, 9.17) is 11.6 Å². The van der Waals surface area contributed by atoms with Gasteiger partial charge in [-0.3, -0.25) is 4.79 Å². The summed E-state index contributed by atoms with van der Waals surface area (Å²) in [5, 5.41) is 0. The van der Waals surface area contributed by atoms with Crippen LogP contribution in [0.4, 0.5) is 0 Å². The van der Waals surface area contributed by atoms with Crippen molar-refractivity contribution in [2.45, 2.75) is 25.7 Å². The van der Waals surface area contributed by atoms with Gasteiger partial charge in [-0.1, -0.05) is 24.4 Å².